The quantitative estimate of drug-likeness (QED) is 0.758. The van der Waals surface area contributed by atoms with E-state index in [2.05, 4.69) is 24.5 Å². The summed E-state index contributed by atoms with van der Waals surface area (Å²) in [5.74, 6) is 0.636. The number of anilines is 1. The zero-order chi connectivity index (χ0) is 14.1. The number of benzene rings is 1. The number of rotatable bonds is 8. The summed E-state index contributed by atoms with van der Waals surface area (Å²) in [6.45, 7) is 5.91. The van der Waals surface area contributed by atoms with Gasteiger partial charge in [0.15, 0.2) is 0 Å². The van der Waals surface area contributed by atoms with Crippen LogP contribution in [0.15, 0.2) is 24.3 Å². The van der Waals surface area contributed by atoms with Gasteiger partial charge in [-0.1, -0.05) is 26.0 Å². The van der Waals surface area contributed by atoms with E-state index in [1.807, 2.05) is 24.3 Å². The fourth-order valence-electron chi connectivity index (χ4n) is 1.68. The molecule has 2 N–H and O–H groups in total. The summed E-state index contributed by atoms with van der Waals surface area (Å²) in [6, 6.07) is 7.89. The Labute approximate surface area is 115 Å². The number of carbonyl (C=O) groups excluding carboxylic acids is 1. The minimum atomic E-state index is 0.0257. The maximum atomic E-state index is 11.6. The molecule has 19 heavy (non-hydrogen) atoms. The Balaban J connectivity index is 2.31. The first-order valence-corrected chi connectivity index (χ1v) is 6.70. The monoisotopic (exact) mass is 264 g/mol. The highest BCUT2D eigenvalue weighted by molar-refractivity contribution is 5.80. The summed E-state index contributed by atoms with van der Waals surface area (Å²) < 4.78 is 5.08. The maximum Gasteiger partial charge on any atom is 0.239 e. The minimum Gasteiger partial charge on any atom is -0.380 e. The van der Waals surface area contributed by atoms with E-state index < -0.39 is 0 Å². The lowest BCUT2D eigenvalue weighted by Gasteiger charge is -2.10. The Bertz CT molecular complexity index is 391. The van der Waals surface area contributed by atoms with Gasteiger partial charge in [0.25, 0.3) is 0 Å². The summed E-state index contributed by atoms with van der Waals surface area (Å²) in [6.07, 6.45) is 1.01. The van der Waals surface area contributed by atoms with Crippen LogP contribution >= 0.6 is 0 Å². The molecule has 106 valence electrons. The van der Waals surface area contributed by atoms with E-state index in [0.29, 0.717) is 19.1 Å². The third-order valence-corrected chi connectivity index (χ3v) is 2.73. The topological polar surface area (TPSA) is 50.4 Å². The molecular formula is C15H24N2O2. The number of hydrogen-bond acceptors (Lipinski definition) is 3. The van der Waals surface area contributed by atoms with Crippen molar-refractivity contribution in [1.29, 1.82) is 0 Å². The Morgan fingerprint density at radius 1 is 1.37 bits per heavy atom. The Hall–Kier alpha value is -1.55. The number of nitrogens with one attached hydrogen (secondary N) is 2. The summed E-state index contributed by atoms with van der Waals surface area (Å²) in [5.41, 5.74) is 2.03. The maximum absolute atomic E-state index is 11.6. The number of hydrogen-bond donors (Lipinski definition) is 2. The highest BCUT2D eigenvalue weighted by Crippen LogP contribution is 2.10. The summed E-state index contributed by atoms with van der Waals surface area (Å²) in [7, 11) is 1.67. The van der Waals surface area contributed by atoms with E-state index in [9.17, 15) is 4.79 Å². The molecule has 1 rings (SSSR count). The smallest absolute Gasteiger partial charge is 0.239 e. The molecule has 0 saturated carbocycles. The van der Waals surface area contributed by atoms with E-state index in [1.165, 1.54) is 0 Å². The predicted molar refractivity (Wildman–Crippen MR) is 78.1 cm³/mol. The third kappa shape index (κ3) is 6.82. The van der Waals surface area contributed by atoms with Gasteiger partial charge in [-0.3, -0.25) is 4.79 Å². The van der Waals surface area contributed by atoms with Gasteiger partial charge in [-0.05, 0) is 30.0 Å². The molecule has 4 nitrogen and oxygen atoms in total. The summed E-state index contributed by atoms with van der Waals surface area (Å²) >= 11 is 0. The Kier molecular flexibility index (Phi) is 6.97. The first-order chi connectivity index (χ1) is 9.11. The molecule has 0 aliphatic carbocycles. The molecule has 0 atom stereocenters. The molecule has 0 heterocycles. The van der Waals surface area contributed by atoms with Crippen molar-refractivity contribution >= 4 is 11.6 Å². The highest BCUT2D eigenvalue weighted by atomic mass is 16.5. The van der Waals surface area contributed by atoms with Crippen LogP contribution in [0.5, 0.6) is 0 Å². The lowest BCUT2D eigenvalue weighted by atomic mass is 10.1. The van der Waals surface area contributed by atoms with Gasteiger partial charge in [0, 0.05) is 19.3 Å². The van der Waals surface area contributed by atoms with Crippen molar-refractivity contribution < 1.29 is 9.53 Å². The molecule has 4 heteroatoms. The van der Waals surface area contributed by atoms with E-state index in [0.717, 1.165) is 24.2 Å². The SMILES string of the molecule is COCc1cccc(NCC(=O)NCCC(C)C)c1. The van der Waals surface area contributed by atoms with Gasteiger partial charge >= 0.3 is 0 Å². The van der Waals surface area contributed by atoms with Crippen LogP contribution < -0.4 is 10.6 Å². The third-order valence-electron chi connectivity index (χ3n) is 2.73. The van der Waals surface area contributed by atoms with Crippen molar-refractivity contribution in [2.45, 2.75) is 26.9 Å². The molecular weight excluding hydrogens is 240 g/mol. The van der Waals surface area contributed by atoms with E-state index in [4.69, 9.17) is 4.74 Å². The lowest BCUT2D eigenvalue weighted by molar-refractivity contribution is -0.119. The number of methoxy groups -OCH3 is 1. The largest absolute Gasteiger partial charge is 0.380 e. The van der Waals surface area contributed by atoms with Crippen LogP contribution in [0.3, 0.4) is 0 Å². The van der Waals surface area contributed by atoms with Crippen LogP contribution in [0.2, 0.25) is 0 Å². The van der Waals surface area contributed by atoms with Crippen molar-refractivity contribution in [3.63, 3.8) is 0 Å². The van der Waals surface area contributed by atoms with Crippen LogP contribution in [-0.4, -0.2) is 26.1 Å². The molecule has 0 radical (unpaired) electrons. The van der Waals surface area contributed by atoms with Gasteiger partial charge in [-0.15, -0.1) is 0 Å². The number of amides is 1. The second kappa shape index (κ2) is 8.53. The second-order valence-electron chi connectivity index (χ2n) is 5.02. The molecule has 0 unspecified atom stereocenters. The van der Waals surface area contributed by atoms with E-state index >= 15 is 0 Å². The molecule has 0 spiro atoms. The van der Waals surface area contributed by atoms with E-state index in [1.54, 1.807) is 7.11 Å². The molecule has 0 saturated heterocycles. The first-order valence-electron chi connectivity index (χ1n) is 6.70. The lowest BCUT2D eigenvalue weighted by Crippen LogP contribution is -2.31. The van der Waals surface area contributed by atoms with Gasteiger partial charge in [-0.25, -0.2) is 0 Å². The Morgan fingerprint density at radius 2 is 2.16 bits per heavy atom. The molecule has 0 aliphatic heterocycles. The van der Waals surface area contributed by atoms with Gasteiger partial charge in [0.05, 0.1) is 13.2 Å². The number of ether oxygens (including phenoxy) is 1. The van der Waals surface area contributed by atoms with Crippen molar-refractivity contribution in [2.75, 3.05) is 25.5 Å². The first kappa shape index (κ1) is 15.5. The summed E-state index contributed by atoms with van der Waals surface area (Å²) in [4.78, 5) is 11.6. The second-order valence-corrected chi connectivity index (χ2v) is 5.02. The highest BCUT2D eigenvalue weighted by Gasteiger charge is 2.02. The van der Waals surface area contributed by atoms with Crippen molar-refractivity contribution in [3.8, 4) is 0 Å². The number of carbonyl (C=O) groups is 1. The molecule has 1 aromatic rings. The summed E-state index contributed by atoms with van der Waals surface area (Å²) in [5, 5.41) is 6.01. The minimum absolute atomic E-state index is 0.0257. The normalized spacial score (nSPS) is 10.5. The van der Waals surface area contributed by atoms with Crippen LogP contribution in [0.1, 0.15) is 25.8 Å². The van der Waals surface area contributed by atoms with Crippen LogP contribution in [0.4, 0.5) is 5.69 Å². The zero-order valence-corrected chi connectivity index (χ0v) is 12.0. The fourth-order valence-corrected chi connectivity index (χ4v) is 1.68. The molecule has 1 amide bonds. The van der Waals surface area contributed by atoms with Gasteiger partial charge in [0.2, 0.25) is 5.91 Å². The molecule has 0 aromatic heterocycles. The fraction of sp³-hybridized carbons (Fsp3) is 0.533. The van der Waals surface area contributed by atoms with Crippen LogP contribution in [0.25, 0.3) is 0 Å². The van der Waals surface area contributed by atoms with Gasteiger partial charge < -0.3 is 15.4 Å². The van der Waals surface area contributed by atoms with Gasteiger partial charge in [-0.2, -0.15) is 0 Å². The average molecular weight is 264 g/mol. The average Bonchev–Trinajstić information content (AvgIpc) is 2.37. The van der Waals surface area contributed by atoms with Gasteiger partial charge in [0.1, 0.15) is 0 Å². The molecule has 0 fully saturated rings. The van der Waals surface area contributed by atoms with Crippen LogP contribution in [-0.2, 0) is 16.1 Å². The van der Waals surface area contributed by atoms with Crippen molar-refractivity contribution in [2.24, 2.45) is 5.92 Å². The van der Waals surface area contributed by atoms with Crippen LogP contribution in [0, 0.1) is 5.92 Å². The standard InChI is InChI=1S/C15H24N2O2/c1-12(2)7-8-16-15(18)10-17-14-6-4-5-13(9-14)11-19-3/h4-6,9,12,17H,7-8,10-11H2,1-3H3,(H,16,18). The molecule has 1 aromatic carbocycles. The zero-order valence-electron chi connectivity index (χ0n) is 12.0. The molecule has 0 aliphatic rings. The Morgan fingerprint density at radius 3 is 2.84 bits per heavy atom. The predicted octanol–water partition coefficient (Wildman–Crippen LogP) is 2.41. The molecule has 0 bridgehead atoms. The van der Waals surface area contributed by atoms with Crippen molar-refractivity contribution in [1.82, 2.24) is 5.32 Å². The van der Waals surface area contributed by atoms with E-state index in [-0.39, 0.29) is 5.91 Å². The van der Waals surface area contributed by atoms with Crippen molar-refractivity contribution in [3.05, 3.63) is 29.8 Å².